The lowest BCUT2D eigenvalue weighted by Crippen LogP contribution is -2.68. The molecule has 5 atom stereocenters. The zero-order chi connectivity index (χ0) is 23.8. The number of aliphatic hydroxyl groups is 4. The molecule has 0 bridgehead atoms. The smallest absolute Gasteiger partial charge is 0.353 e. The van der Waals surface area contributed by atoms with Gasteiger partial charge in [0.05, 0.1) is 13.2 Å². The van der Waals surface area contributed by atoms with Crippen molar-refractivity contribution in [2.45, 2.75) is 49.9 Å². The summed E-state index contributed by atoms with van der Waals surface area (Å²) in [6.07, 6.45) is -4.59. The highest BCUT2D eigenvalue weighted by atomic mass is 19.1. The molecule has 0 spiro atoms. The Morgan fingerprint density at radius 2 is 2.00 bits per heavy atom. The van der Waals surface area contributed by atoms with Gasteiger partial charge in [-0.15, -0.1) is 5.06 Å². The number of phenols is 1. The Hall–Kier alpha value is -2.65. The minimum atomic E-state index is -3.28. The van der Waals surface area contributed by atoms with Gasteiger partial charge in [-0.25, -0.2) is 18.7 Å². The summed E-state index contributed by atoms with van der Waals surface area (Å²) < 4.78 is 19.0. The SMILES string of the molecule is CC(F)Cc1cnc(=O)n([C@@]2(O)O[C@H](CO)[C@@H](O)[C@]2(O)N(O)Cc2ccccc2O)c1N. The second-order valence-electron chi connectivity index (χ2n) is 7.58. The highest BCUT2D eigenvalue weighted by Crippen LogP contribution is 2.45. The molecule has 1 aromatic carbocycles. The van der Waals surface area contributed by atoms with Gasteiger partial charge >= 0.3 is 11.6 Å². The summed E-state index contributed by atoms with van der Waals surface area (Å²) in [5.74, 6) is -4.09. The molecule has 13 heteroatoms. The lowest BCUT2D eigenvalue weighted by Gasteiger charge is -2.42. The quantitative estimate of drug-likeness (QED) is 0.187. The third-order valence-electron chi connectivity index (χ3n) is 5.34. The van der Waals surface area contributed by atoms with E-state index in [4.69, 9.17) is 10.5 Å². The second kappa shape index (κ2) is 8.71. The van der Waals surface area contributed by atoms with Crippen molar-refractivity contribution in [2.24, 2.45) is 0 Å². The number of benzene rings is 1. The first kappa shape index (κ1) is 24.0. The van der Waals surface area contributed by atoms with Crippen LogP contribution < -0.4 is 11.4 Å². The van der Waals surface area contributed by atoms with Gasteiger partial charge in [0.15, 0.2) is 0 Å². The molecule has 8 N–H and O–H groups in total. The van der Waals surface area contributed by atoms with Crippen LogP contribution >= 0.6 is 0 Å². The molecule has 0 amide bonds. The zero-order valence-corrected chi connectivity index (χ0v) is 17.0. The number of halogens is 1. The van der Waals surface area contributed by atoms with Gasteiger partial charge < -0.3 is 41.2 Å². The number of nitrogens with two attached hydrogens (primary N) is 1. The predicted molar refractivity (Wildman–Crippen MR) is 106 cm³/mol. The van der Waals surface area contributed by atoms with Crippen LogP contribution in [-0.2, 0) is 23.6 Å². The number of hydrogen-bond donors (Lipinski definition) is 7. The normalized spacial score (nSPS) is 28.9. The molecule has 176 valence electrons. The number of para-hydroxylation sites is 1. The minimum Gasteiger partial charge on any atom is -0.508 e. The van der Waals surface area contributed by atoms with Crippen molar-refractivity contribution in [3.8, 4) is 5.75 Å². The highest BCUT2D eigenvalue weighted by molar-refractivity contribution is 5.40. The zero-order valence-electron chi connectivity index (χ0n) is 17.0. The number of hydroxylamine groups is 2. The van der Waals surface area contributed by atoms with Crippen LogP contribution in [-0.4, -0.2) is 76.1 Å². The summed E-state index contributed by atoms with van der Waals surface area (Å²) in [5, 5.41) is 63.5. The molecule has 2 aromatic rings. The first-order chi connectivity index (χ1) is 15.0. The van der Waals surface area contributed by atoms with Crippen LogP contribution in [0.1, 0.15) is 18.1 Å². The van der Waals surface area contributed by atoms with Gasteiger partial charge in [-0.2, -0.15) is 0 Å². The Morgan fingerprint density at radius 1 is 1.34 bits per heavy atom. The lowest BCUT2D eigenvalue weighted by molar-refractivity contribution is -0.413. The van der Waals surface area contributed by atoms with Crippen molar-refractivity contribution in [3.63, 3.8) is 0 Å². The van der Waals surface area contributed by atoms with Crippen molar-refractivity contribution in [1.29, 1.82) is 0 Å². The Kier molecular flexibility index (Phi) is 6.53. The number of hydrogen-bond acceptors (Lipinski definition) is 11. The van der Waals surface area contributed by atoms with Gasteiger partial charge in [-0.1, -0.05) is 18.2 Å². The molecular weight excluding hydrogens is 431 g/mol. The predicted octanol–water partition coefficient (Wildman–Crippen LogP) is -1.63. The fourth-order valence-electron chi connectivity index (χ4n) is 3.67. The fraction of sp³-hybridized carbons (Fsp3) is 0.474. The summed E-state index contributed by atoms with van der Waals surface area (Å²) in [7, 11) is 0. The molecule has 2 heterocycles. The second-order valence-corrected chi connectivity index (χ2v) is 7.58. The van der Waals surface area contributed by atoms with E-state index in [1.165, 1.54) is 31.2 Å². The number of anilines is 1. The van der Waals surface area contributed by atoms with Crippen LogP contribution in [0.5, 0.6) is 5.75 Å². The fourth-order valence-corrected chi connectivity index (χ4v) is 3.67. The average Bonchev–Trinajstić information content (AvgIpc) is 2.93. The molecule has 12 nitrogen and oxygen atoms in total. The highest BCUT2D eigenvalue weighted by Gasteiger charge is 2.70. The maximum Gasteiger partial charge on any atom is 0.353 e. The summed E-state index contributed by atoms with van der Waals surface area (Å²) in [4.78, 5) is 16.0. The van der Waals surface area contributed by atoms with Crippen LogP contribution in [0.4, 0.5) is 10.2 Å². The molecule has 0 saturated carbocycles. The number of nitrogen functional groups attached to an aromatic ring is 1. The van der Waals surface area contributed by atoms with Crippen molar-refractivity contribution in [1.82, 2.24) is 14.6 Å². The van der Waals surface area contributed by atoms with Crippen molar-refractivity contribution in [3.05, 3.63) is 52.1 Å². The molecular formula is C19H25FN4O8. The van der Waals surface area contributed by atoms with Gasteiger partial charge in [0, 0.05) is 23.7 Å². The summed E-state index contributed by atoms with van der Waals surface area (Å²) in [5.41, 5.74) is 1.56. The molecule has 1 aromatic heterocycles. The molecule has 1 aliphatic heterocycles. The Morgan fingerprint density at radius 3 is 2.59 bits per heavy atom. The lowest BCUT2D eigenvalue weighted by atomic mass is 9.99. The molecule has 32 heavy (non-hydrogen) atoms. The monoisotopic (exact) mass is 456 g/mol. The average molecular weight is 456 g/mol. The van der Waals surface area contributed by atoms with E-state index in [2.05, 4.69) is 4.98 Å². The van der Waals surface area contributed by atoms with E-state index in [9.17, 15) is 39.9 Å². The number of aliphatic hydroxyl groups excluding tert-OH is 2. The Bertz CT molecular complexity index is 1040. The Balaban J connectivity index is 2.16. The first-order valence-electron chi connectivity index (χ1n) is 9.63. The van der Waals surface area contributed by atoms with Crippen LogP contribution in [0.15, 0.2) is 35.3 Å². The molecule has 0 radical (unpaired) electrons. The topological polar surface area (TPSA) is 195 Å². The number of nitrogens with zero attached hydrogens (tertiary/aromatic N) is 3. The number of aromatic hydroxyl groups is 1. The molecule has 0 aliphatic carbocycles. The molecule has 1 saturated heterocycles. The van der Waals surface area contributed by atoms with Crippen LogP contribution in [0, 0.1) is 0 Å². The molecule has 1 fully saturated rings. The van der Waals surface area contributed by atoms with Crippen LogP contribution in [0.25, 0.3) is 0 Å². The Labute approximate surface area is 181 Å². The maximum absolute atomic E-state index is 13.6. The number of aromatic nitrogens is 2. The van der Waals surface area contributed by atoms with Gasteiger partial charge in [-0.05, 0) is 13.0 Å². The van der Waals surface area contributed by atoms with Crippen LogP contribution in [0.2, 0.25) is 0 Å². The number of alkyl halides is 1. The summed E-state index contributed by atoms with van der Waals surface area (Å²) in [6, 6.07) is 5.71. The van der Waals surface area contributed by atoms with Crippen molar-refractivity contribution >= 4 is 5.82 Å². The first-order valence-corrected chi connectivity index (χ1v) is 9.63. The van der Waals surface area contributed by atoms with Crippen molar-refractivity contribution < 1.29 is 39.9 Å². The van der Waals surface area contributed by atoms with Crippen LogP contribution in [0.3, 0.4) is 0 Å². The van der Waals surface area contributed by atoms with E-state index in [1.807, 2.05) is 0 Å². The van der Waals surface area contributed by atoms with E-state index in [0.717, 1.165) is 6.20 Å². The van der Waals surface area contributed by atoms with Gasteiger partial charge in [0.2, 0.25) is 5.72 Å². The maximum atomic E-state index is 13.6. The van der Waals surface area contributed by atoms with E-state index >= 15 is 0 Å². The number of rotatable bonds is 7. The minimum absolute atomic E-state index is 0.0221. The molecule has 3 rings (SSSR count). The summed E-state index contributed by atoms with van der Waals surface area (Å²) in [6.45, 7) is -0.369. The standard InChI is InChI=1S/C19H25FN4O8/c1-10(20)6-12-7-22-17(28)24(16(12)21)19(30)18(29,15(27)14(9-25)32-19)23(31)8-11-4-2-3-5-13(11)26/h2-5,7,10,14-15,25-27,29-31H,6,8-9,21H2,1H3/t10?,14-,15-,18-,19+/m1/s1. The third-order valence-corrected chi connectivity index (χ3v) is 5.34. The van der Waals surface area contributed by atoms with E-state index in [-0.39, 0.29) is 32.9 Å². The van der Waals surface area contributed by atoms with E-state index in [1.54, 1.807) is 0 Å². The largest absolute Gasteiger partial charge is 0.508 e. The molecule has 1 unspecified atom stereocenters. The van der Waals surface area contributed by atoms with E-state index in [0.29, 0.717) is 0 Å². The van der Waals surface area contributed by atoms with Gasteiger partial charge in [0.1, 0.15) is 29.9 Å². The number of phenolic OH excluding ortho intramolecular Hbond substituents is 1. The van der Waals surface area contributed by atoms with Crippen molar-refractivity contribution in [2.75, 3.05) is 12.3 Å². The number of ether oxygens (including phenoxy) is 1. The molecule has 1 aliphatic rings. The van der Waals surface area contributed by atoms with Gasteiger partial charge in [-0.3, -0.25) is 0 Å². The van der Waals surface area contributed by atoms with E-state index < -0.39 is 54.7 Å². The summed E-state index contributed by atoms with van der Waals surface area (Å²) >= 11 is 0. The third kappa shape index (κ3) is 3.73. The van der Waals surface area contributed by atoms with Gasteiger partial charge in [0.25, 0.3) is 0 Å².